The van der Waals surface area contributed by atoms with Crippen molar-refractivity contribution in [1.29, 1.82) is 0 Å². The number of Topliss-reactive ketones (excluding diaryl/α,β-unsaturated/α-hetero) is 1. The van der Waals surface area contributed by atoms with Gasteiger partial charge in [-0.15, -0.1) is 5.10 Å². The molecule has 32 heavy (non-hydrogen) atoms. The molecule has 0 aliphatic heterocycles. The zero-order chi connectivity index (χ0) is 22.9. The molecule has 14 heteroatoms. The van der Waals surface area contributed by atoms with Gasteiger partial charge in [-0.3, -0.25) is 19.5 Å². The van der Waals surface area contributed by atoms with Crippen molar-refractivity contribution in [3.63, 3.8) is 0 Å². The van der Waals surface area contributed by atoms with Crippen molar-refractivity contribution >= 4 is 43.5 Å². The molecule has 12 nitrogen and oxygen atoms in total. The van der Waals surface area contributed by atoms with Crippen LogP contribution >= 0.6 is 0 Å². The number of hydrogen-bond acceptors (Lipinski definition) is 10. The third kappa shape index (κ3) is 5.00. The van der Waals surface area contributed by atoms with Gasteiger partial charge in [0.15, 0.2) is 11.4 Å². The minimum Gasteiger partial charge on any atom is -0.508 e. The van der Waals surface area contributed by atoms with E-state index in [4.69, 9.17) is 14.7 Å². The van der Waals surface area contributed by atoms with Crippen LogP contribution in [0.4, 0.5) is 5.69 Å². The number of aromatic nitrogens is 2. The number of aromatic hydroxyl groups is 2. The molecule has 0 atom stereocenters. The van der Waals surface area contributed by atoms with Crippen LogP contribution in [-0.4, -0.2) is 44.3 Å². The summed E-state index contributed by atoms with van der Waals surface area (Å²) in [6, 6.07) is 8.47. The number of non-ortho nitro benzene ring substituents is 1. The van der Waals surface area contributed by atoms with E-state index in [1.165, 1.54) is 31.2 Å². The smallest absolute Gasteiger partial charge is 0.295 e. The van der Waals surface area contributed by atoms with Gasteiger partial charge in [-0.25, -0.2) is 0 Å². The van der Waals surface area contributed by atoms with Crippen LogP contribution in [0.5, 0.6) is 11.5 Å². The van der Waals surface area contributed by atoms with E-state index in [0.717, 1.165) is 18.2 Å². The first-order valence-electron chi connectivity index (χ1n) is 8.32. The predicted octanol–water partition coefficient (Wildman–Crippen LogP) is 2.83. The quantitative estimate of drug-likeness (QED) is 0.122. The molecular weight excluding hydrogens is 490 g/mol. The summed E-state index contributed by atoms with van der Waals surface area (Å²) in [6.45, 7) is 1.35. The Balaban J connectivity index is 0.000000259. The summed E-state index contributed by atoms with van der Waals surface area (Å²) in [7, 11) is -4.58. The van der Waals surface area contributed by atoms with Crippen molar-refractivity contribution in [2.75, 3.05) is 0 Å². The monoisotopic (exact) mass is 503 g/mol. The average molecular weight is 503 g/mol. The molecule has 0 amide bonds. The number of carbonyl (C=O) groups excluding carboxylic acids is 1. The second-order valence-corrected chi connectivity index (χ2v) is 7.60. The Kier molecular flexibility index (Phi) is 7.16. The van der Waals surface area contributed by atoms with Gasteiger partial charge < -0.3 is 14.7 Å². The normalized spacial score (nSPS) is 10.8. The van der Waals surface area contributed by atoms with Gasteiger partial charge in [0.2, 0.25) is 0 Å². The number of rotatable bonds is 3. The molecule has 0 spiro atoms. The molecule has 0 aliphatic carbocycles. The molecular formula is C18H13FeN3O9S. The first-order valence-corrected chi connectivity index (χ1v) is 9.76. The number of carbonyl (C=O) groups is 1. The van der Waals surface area contributed by atoms with E-state index in [-0.39, 0.29) is 67.5 Å². The fourth-order valence-corrected chi connectivity index (χ4v) is 3.47. The second kappa shape index (κ2) is 9.28. The van der Waals surface area contributed by atoms with E-state index >= 15 is 0 Å². The molecule has 0 unspecified atom stereocenters. The van der Waals surface area contributed by atoms with Crippen LogP contribution in [0.3, 0.4) is 0 Å². The molecule has 4 rings (SSSR count). The van der Waals surface area contributed by atoms with Crippen LogP contribution in [0.25, 0.3) is 21.9 Å². The fraction of sp³-hybridized carbons (Fsp3) is 0.0556. The van der Waals surface area contributed by atoms with Gasteiger partial charge in [-0.05, 0) is 25.1 Å². The number of nitro benzene ring substituents is 1. The third-order valence-electron chi connectivity index (χ3n) is 4.15. The second-order valence-electron chi connectivity index (χ2n) is 6.21. The summed E-state index contributed by atoms with van der Waals surface area (Å²) < 4.78 is 36.8. The Bertz CT molecular complexity index is 1450. The summed E-state index contributed by atoms with van der Waals surface area (Å²) in [5.41, 5.74) is 0.224. The largest absolute Gasteiger partial charge is 0.508 e. The fourth-order valence-electron chi connectivity index (χ4n) is 2.76. The molecule has 3 N–H and O–H groups in total. The van der Waals surface area contributed by atoms with Crippen molar-refractivity contribution in [3.8, 4) is 11.5 Å². The molecule has 0 saturated carbocycles. The van der Waals surface area contributed by atoms with Gasteiger partial charge in [0.1, 0.15) is 21.9 Å². The molecule has 0 fully saturated rings. The van der Waals surface area contributed by atoms with E-state index < -0.39 is 19.9 Å². The van der Waals surface area contributed by atoms with Crippen molar-refractivity contribution in [2.24, 2.45) is 0 Å². The summed E-state index contributed by atoms with van der Waals surface area (Å²) in [4.78, 5) is 20.3. The minimum atomic E-state index is -4.58. The van der Waals surface area contributed by atoms with Crippen molar-refractivity contribution < 1.29 is 54.5 Å². The summed E-state index contributed by atoms with van der Waals surface area (Å²) in [5, 5.41) is 35.9. The Hall–Kier alpha value is -3.58. The van der Waals surface area contributed by atoms with Gasteiger partial charge in [0, 0.05) is 57.4 Å². The van der Waals surface area contributed by atoms with E-state index in [0.29, 0.717) is 0 Å². The molecule has 0 bridgehead atoms. The van der Waals surface area contributed by atoms with Crippen LogP contribution in [0, 0.1) is 10.1 Å². The number of hydrogen-bond donors (Lipinski definition) is 3. The van der Waals surface area contributed by atoms with Gasteiger partial charge in [0.05, 0.1) is 10.5 Å². The number of benzene rings is 3. The van der Waals surface area contributed by atoms with E-state index in [9.17, 15) is 27.9 Å². The number of nitro groups is 1. The molecule has 1 aromatic heterocycles. The van der Waals surface area contributed by atoms with E-state index in [2.05, 4.69) is 10.4 Å². The standard InChI is InChI=1S/C10H5N3O6S.C8H8O3.Fe/c14-13(15)5-1-2-6-7(3-5)9(20(16,17)18)4-8-10(6)11-12-19-8;1-5(9)7-3-2-6(10)4-8(7)11;/h1-4H,(H,16,17,18);2-4,10-11H,1H3;. The SMILES string of the molecule is CC(=O)c1ccc(O)cc1O.O=[N+]([O-])c1ccc2c(c1)c(S(=O)(=O)O)cc1onnc12.[Fe]. The first-order chi connectivity index (χ1) is 14.5. The zero-order valence-electron chi connectivity index (χ0n) is 15.9. The summed E-state index contributed by atoms with van der Waals surface area (Å²) in [6.07, 6.45) is 0. The van der Waals surface area contributed by atoms with Crippen LogP contribution in [0.2, 0.25) is 0 Å². The van der Waals surface area contributed by atoms with Crippen molar-refractivity contribution in [2.45, 2.75) is 11.8 Å². The Morgan fingerprint density at radius 1 is 1.09 bits per heavy atom. The van der Waals surface area contributed by atoms with E-state index in [1.807, 2.05) is 0 Å². The average Bonchev–Trinajstić information content (AvgIpc) is 3.15. The molecule has 0 radical (unpaired) electrons. The van der Waals surface area contributed by atoms with Crippen LogP contribution < -0.4 is 0 Å². The van der Waals surface area contributed by atoms with Gasteiger partial charge >= 0.3 is 0 Å². The Morgan fingerprint density at radius 2 is 1.78 bits per heavy atom. The molecule has 0 aliphatic rings. The van der Waals surface area contributed by atoms with Crippen LogP contribution in [0.1, 0.15) is 17.3 Å². The minimum absolute atomic E-state index is 0. The Labute approximate surface area is 189 Å². The summed E-state index contributed by atoms with van der Waals surface area (Å²) >= 11 is 0. The summed E-state index contributed by atoms with van der Waals surface area (Å²) in [5.74, 6) is -0.451. The molecule has 4 aromatic rings. The molecule has 168 valence electrons. The van der Waals surface area contributed by atoms with Gasteiger partial charge in [-0.1, -0.05) is 0 Å². The maximum atomic E-state index is 11.4. The molecule has 3 aromatic carbocycles. The van der Waals surface area contributed by atoms with Gasteiger partial charge in [-0.2, -0.15) is 8.42 Å². The zero-order valence-corrected chi connectivity index (χ0v) is 17.9. The number of phenols is 2. The Morgan fingerprint density at radius 3 is 2.34 bits per heavy atom. The number of ketones is 1. The number of fused-ring (bicyclic) bond motifs is 3. The third-order valence-corrected chi connectivity index (χ3v) is 5.04. The van der Waals surface area contributed by atoms with E-state index in [1.54, 1.807) is 0 Å². The van der Waals surface area contributed by atoms with Crippen molar-refractivity contribution in [3.05, 3.63) is 58.1 Å². The molecule has 0 saturated heterocycles. The van der Waals surface area contributed by atoms with Crippen molar-refractivity contribution in [1.82, 2.24) is 10.4 Å². The van der Waals surface area contributed by atoms with Crippen LogP contribution in [-0.2, 0) is 27.2 Å². The number of phenolic OH excluding ortho intramolecular Hbond substituents is 2. The van der Waals surface area contributed by atoms with Gasteiger partial charge in [0.25, 0.3) is 15.8 Å². The maximum Gasteiger partial charge on any atom is 0.295 e. The predicted molar refractivity (Wildman–Crippen MR) is 106 cm³/mol. The maximum absolute atomic E-state index is 11.4. The topological polar surface area (TPSA) is 194 Å². The number of nitrogens with zero attached hydrogens (tertiary/aromatic N) is 3. The molecule has 1 heterocycles. The van der Waals surface area contributed by atoms with Crippen LogP contribution in [0.15, 0.2) is 51.9 Å². The first kappa shape index (κ1) is 24.7.